The minimum atomic E-state index is -0.639. The van der Waals surface area contributed by atoms with Gasteiger partial charge in [0.05, 0.1) is 6.61 Å². The Morgan fingerprint density at radius 1 is 0.848 bits per heavy atom. The zero-order chi connectivity index (χ0) is 32.3. The Balaban J connectivity index is 1.28. The highest BCUT2D eigenvalue weighted by atomic mass is 35.5. The first-order valence-electron chi connectivity index (χ1n) is 14.9. The third-order valence-corrected chi connectivity index (χ3v) is 7.49. The standard InChI is InChI=1S/C35H35ClN6O4/c1-40(23-26-13-5-2-6-14-26)32(44)21-12-22-46-30-20-11-15-27-24-41(25-31(43)37-28-16-7-3-8-17-28)34(39-33(27)30)42(36)35(45)38-29-18-9-4-10-19-29/h2-11,13-20H,12,21-25H2,1H3,(H,37,43)(H,38,45). The summed E-state index contributed by atoms with van der Waals surface area (Å²) in [5, 5.41) is 5.61. The van der Waals surface area contributed by atoms with Gasteiger partial charge in [-0.2, -0.15) is 4.42 Å². The van der Waals surface area contributed by atoms with Gasteiger partial charge < -0.3 is 25.2 Å². The van der Waals surface area contributed by atoms with Gasteiger partial charge in [-0.15, -0.1) is 0 Å². The molecule has 46 heavy (non-hydrogen) atoms. The normalized spacial score (nSPS) is 12.0. The number of halogens is 1. The Morgan fingerprint density at radius 2 is 1.48 bits per heavy atom. The summed E-state index contributed by atoms with van der Waals surface area (Å²) in [6, 6.07) is 32.7. The third-order valence-electron chi connectivity index (χ3n) is 7.19. The van der Waals surface area contributed by atoms with Gasteiger partial charge in [0.25, 0.3) is 0 Å². The highest BCUT2D eigenvalue weighted by molar-refractivity contribution is 6.32. The Labute approximate surface area is 273 Å². The van der Waals surface area contributed by atoms with E-state index in [4.69, 9.17) is 21.5 Å². The van der Waals surface area contributed by atoms with E-state index >= 15 is 0 Å². The minimum absolute atomic E-state index is 0.0227. The zero-order valence-electron chi connectivity index (χ0n) is 25.4. The zero-order valence-corrected chi connectivity index (χ0v) is 26.2. The van der Waals surface area contributed by atoms with Crippen molar-refractivity contribution in [3.63, 3.8) is 0 Å². The minimum Gasteiger partial charge on any atom is -0.491 e. The first-order valence-corrected chi connectivity index (χ1v) is 15.2. The number of guanidine groups is 1. The van der Waals surface area contributed by atoms with Gasteiger partial charge in [-0.05, 0) is 42.3 Å². The highest BCUT2D eigenvalue weighted by Gasteiger charge is 2.31. The molecule has 0 fully saturated rings. The fraction of sp³-hybridized carbons (Fsp3) is 0.200. The number of anilines is 2. The quantitative estimate of drug-likeness (QED) is 0.142. The molecule has 11 heteroatoms. The van der Waals surface area contributed by atoms with E-state index in [1.807, 2.05) is 66.7 Å². The predicted molar refractivity (Wildman–Crippen MR) is 180 cm³/mol. The van der Waals surface area contributed by atoms with Gasteiger partial charge in [-0.1, -0.05) is 78.9 Å². The Hall–Kier alpha value is -5.35. The number of carbonyl (C=O) groups excluding carboxylic acids is 3. The van der Waals surface area contributed by atoms with Crippen molar-refractivity contribution in [3.05, 3.63) is 120 Å². The number of hydrogen-bond donors (Lipinski definition) is 2. The number of urea groups is 1. The molecule has 0 radical (unpaired) electrons. The number of fused-ring (bicyclic) bond motifs is 1. The van der Waals surface area contributed by atoms with Crippen molar-refractivity contribution in [2.75, 3.05) is 30.8 Å². The van der Waals surface area contributed by atoms with Crippen LogP contribution < -0.4 is 15.4 Å². The molecule has 236 valence electrons. The molecule has 10 nitrogen and oxygen atoms in total. The molecule has 0 saturated carbocycles. The maximum Gasteiger partial charge on any atom is 0.343 e. The lowest BCUT2D eigenvalue weighted by molar-refractivity contribution is -0.130. The summed E-state index contributed by atoms with van der Waals surface area (Å²) in [6.45, 7) is 0.961. The lowest BCUT2D eigenvalue weighted by Crippen LogP contribution is -2.47. The number of ether oxygens (including phenoxy) is 1. The van der Waals surface area contributed by atoms with E-state index in [9.17, 15) is 14.4 Å². The average molecular weight is 639 g/mol. The number of para-hydroxylation sites is 3. The first kappa shape index (κ1) is 32.1. The molecule has 4 aromatic rings. The summed E-state index contributed by atoms with van der Waals surface area (Å²) in [5.74, 6) is 0.279. The van der Waals surface area contributed by atoms with Crippen LogP contribution in [0.5, 0.6) is 5.75 Å². The largest absolute Gasteiger partial charge is 0.491 e. The van der Waals surface area contributed by atoms with Crippen LogP contribution in [0.25, 0.3) is 0 Å². The second-order valence-electron chi connectivity index (χ2n) is 10.7. The fourth-order valence-corrected chi connectivity index (χ4v) is 5.09. The lowest BCUT2D eigenvalue weighted by Gasteiger charge is -2.33. The van der Waals surface area contributed by atoms with Crippen molar-refractivity contribution < 1.29 is 19.1 Å². The van der Waals surface area contributed by atoms with E-state index in [-0.39, 0.29) is 37.5 Å². The predicted octanol–water partition coefficient (Wildman–Crippen LogP) is 6.63. The number of nitrogens with one attached hydrogen (secondary N) is 2. The molecule has 1 heterocycles. The van der Waals surface area contributed by atoms with Crippen LogP contribution >= 0.6 is 11.8 Å². The molecule has 1 aliphatic rings. The van der Waals surface area contributed by atoms with Crippen LogP contribution in [0.1, 0.15) is 24.0 Å². The van der Waals surface area contributed by atoms with Crippen molar-refractivity contribution in [2.45, 2.75) is 25.9 Å². The molecule has 4 amide bonds. The SMILES string of the molecule is CN(Cc1ccccc1)C(=O)CCCOc1cccc2c1N=C(N(Cl)C(=O)Nc1ccccc1)N(CC(=O)Nc1ccccc1)C2. The fourth-order valence-electron chi connectivity index (χ4n) is 4.90. The molecule has 0 saturated heterocycles. The maximum absolute atomic E-state index is 13.2. The van der Waals surface area contributed by atoms with E-state index in [1.165, 1.54) is 0 Å². The van der Waals surface area contributed by atoms with Crippen LogP contribution in [0.15, 0.2) is 114 Å². The molecule has 0 bridgehead atoms. The van der Waals surface area contributed by atoms with E-state index in [0.29, 0.717) is 42.2 Å². The molecule has 0 spiro atoms. The summed E-state index contributed by atoms with van der Waals surface area (Å²) in [5.41, 5.74) is 3.56. The lowest BCUT2D eigenvalue weighted by atomic mass is 10.1. The number of carbonyl (C=O) groups is 3. The van der Waals surface area contributed by atoms with E-state index in [2.05, 4.69) is 10.6 Å². The monoisotopic (exact) mass is 638 g/mol. The highest BCUT2D eigenvalue weighted by Crippen LogP contribution is 2.36. The molecular formula is C35H35ClN6O4. The van der Waals surface area contributed by atoms with Crippen molar-refractivity contribution >= 4 is 52.6 Å². The number of aliphatic imine (C=N–C) groups is 1. The van der Waals surface area contributed by atoms with Gasteiger partial charge in [0.2, 0.25) is 17.8 Å². The van der Waals surface area contributed by atoms with Crippen LogP contribution in [-0.2, 0) is 22.7 Å². The molecule has 0 atom stereocenters. The second kappa shape index (κ2) is 15.6. The van der Waals surface area contributed by atoms with Crippen molar-refractivity contribution in [3.8, 4) is 5.75 Å². The summed E-state index contributed by atoms with van der Waals surface area (Å²) < 4.78 is 6.96. The van der Waals surface area contributed by atoms with Crippen LogP contribution in [0.4, 0.5) is 21.9 Å². The summed E-state index contributed by atoms with van der Waals surface area (Å²) in [4.78, 5) is 47.0. The number of hydrogen-bond acceptors (Lipinski definition) is 6. The molecule has 0 unspecified atom stereocenters. The summed E-state index contributed by atoms with van der Waals surface area (Å²) >= 11 is 6.60. The Kier molecular flexibility index (Phi) is 10.9. The van der Waals surface area contributed by atoms with Gasteiger partial charge in [0, 0.05) is 55.3 Å². The van der Waals surface area contributed by atoms with Crippen LogP contribution in [0.3, 0.4) is 0 Å². The molecule has 0 aromatic heterocycles. The maximum atomic E-state index is 13.2. The summed E-state index contributed by atoms with van der Waals surface area (Å²) in [6.07, 6.45) is 0.831. The van der Waals surface area contributed by atoms with Crippen LogP contribution in [-0.4, -0.2) is 58.2 Å². The third kappa shape index (κ3) is 8.64. The number of benzene rings is 4. The van der Waals surface area contributed by atoms with E-state index in [0.717, 1.165) is 15.5 Å². The van der Waals surface area contributed by atoms with Crippen molar-refractivity contribution in [1.29, 1.82) is 0 Å². The van der Waals surface area contributed by atoms with Crippen molar-refractivity contribution in [1.82, 2.24) is 14.2 Å². The summed E-state index contributed by atoms with van der Waals surface area (Å²) in [7, 11) is 1.79. The second-order valence-corrected chi connectivity index (χ2v) is 11.0. The Morgan fingerprint density at radius 3 is 2.15 bits per heavy atom. The topological polar surface area (TPSA) is 107 Å². The van der Waals surface area contributed by atoms with E-state index in [1.54, 1.807) is 59.3 Å². The molecule has 1 aliphatic heterocycles. The van der Waals surface area contributed by atoms with Crippen molar-refractivity contribution in [2.24, 2.45) is 4.99 Å². The smallest absolute Gasteiger partial charge is 0.343 e. The first-order chi connectivity index (χ1) is 22.4. The van der Waals surface area contributed by atoms with Crippen LogP contribution in [0.2, 0.25) is 0 Å². The van der Waals surface area contributed by atoms with E-state index < -0.39 is 6.03 Å². The van der Waals surface area contributed by atoms with Gasteiger partial charge >= 0.3 is 6.03 Å². The number of amides is 4. The molecule has 2 N–H and O–H groups in total. The Bertz CT molecular complexity index is 1670. The number of rotatable bonds is 11. The molecule has 0 aliphatic carbocycles. The molecule has 4 aromatic carbocycles. The average Bonchev–Trinajstić information content (AvgIpc) is 3.07. The van der Waals surface area contributed by atoms with Gasteiger partial charge in [0.15, 0.2) is 0 Å². The van der Waals surface area contributed by atoms with Crippen LogP contribution in [0, 0.1) is 0 Å². The van der Waals surface area contributed by atoms with Gasteiger partial charge in [-0.3, -0.25) is 9.59 Å². The van der Waals surface area contributed by atoms with Gasteiger partial charge in [0.1, 0.15) is 18.0 Å². The molecule has 5 rings (SSSR count). The van der Waals surface area contributed by atoms with Gasteiger partial charge in [-0.25, -0.2) is 9.79 Å². The number of nitrogens with zero attached hydrogens (tertiary/aromatic N) is 4. The molecular weight excluding hydrogens is 604 g/mol.